The molecule has 0 radical (unpaired) electrons. The van der Waals surface area contributed by atoms with Crippen LogP contribution in [0.15, 0.2) is 30.3 Å². The number of aryl methyl sites for hydroxylation is 1. The van der Waals surface area contributed by atoms with Crippen LogP contribution in [0.1, 0.15) is 47.4 Å². The van der Waals surface area contributed by atoms with Crippen molar-refractivity contribution >= 4 is 11.7 Å². The van der Waals surface area contributed by atoms with Crippen LogP contribution in [0.3, 0.4) is 0 Å². The Labute approximate surface area is 141 Å². The SMILES string of the molecule is CCCC(NC(=O)c1ccc2c(c1)OCO2)c1cc(C)cc(N)n1. The van der Waals surface area contributed by atoms with Crippen LogP contribution in [0.2, 0.25) is 0 Å². The van der Waals surface area contributed by atoms with Crippen molar-refractivity contribution in [3.63, 3.8) is 0 Å². The second kappa shape index (κ2) is 6.78. The number of hydrogen-bond acceptors (Lipinski definition) is 5. The fraction of sp³-hybridized carbons (Fsp3) is 0.333. The fourth-order valence-electron chi connectivity index (χ4n) is 2.76. The second-order valence-corrected chi connectivity index (χ2v) is 5.88. The van der Waals surface area contributed by atoms with Gasteiger partial charge >= 0.3 is 0 Å². The standard InChI is InChI=1S/C18H21N3O3/c1-3-4-13(14-7-11(2)8-17(19)20-14)21-18(22)12-5-6-15-16(9-12)24-10-23-15/h5-9,13H,3-4,10H2,1-2H3,(H2,19,20)(H,21,22). The molecule has 3 N–H and O–H groups in total. The van der Waals surface area contributed by atoms with Crippen molar-refractivity contribution in [2.75, 3.05) is 12.5 Å². The Morgan fingerprint density at radius 2 is 2.08 bits per heavy atom. The lowest BCUT2D eigenvalue weighted by atomic mass is 10.0. The van der Waals surface area contributed by atoms with Crippen LogP contribution in [-0.2, 0) is 0 Å². The van der Waals surface area contributed by atoms with E-state index in [-0.39, 0.29) is 18.7 Å². The molecule has 2 aromatic rings. The number of benzene rings is 1. The van der Waals surface area contributed by atoms with Gasteiger partial charge in [-0.25, -0.2) is 4.98 Å². The molecule has 6 nitrogen and oxygen atoms in total. The van der Waals surface area contributed by atoms with E-state index in [1.807, 2.05) is 19.1 Å². The molecule has 0 spiro atoms. The Morgan fingerprint density at radius 1 is 1.29 bits per heavy atom. The van der Waals surface area contributed by atoms with Crippen molar-refractivity contribution in [2.45, 2.75) is 32.7 Å². The molecule has 2 heterocycles. The van der Waals surface area contributed by atoms with Crippen LogP contribution in [0, 0.1) is 6.92 Å². The summed E-state index contributed by atoms with van der Waals surface area (Å²) in [6, 6.07) is 8.75. The summed E-state index contributed by atoms with van der Waals surface area (Å²) < 4.78 is 10.6. The summed E-state index contributed by atoms with van der Waals surface area (Å²) in [5.74, 6) is 1.54. The van der Waals surface area contributed by atoms with E-state index in [4.69, 9.17) is 15.2 Å². The van der Waals surface area contributed by atoms with Crippen LogP contribution in [-0.4, -0.2) is 17.7 Å². The molecule has 1 atom stereocenters. The van der Waals surface area contributed by atoms with Gasteiger partial charge in [-0.3, -0.25) is 4.79 Å². The highest BCUT2D eigenvalue weighted by Crippen LogP contribution is 2.32. The Bertz CT molecular complexity index is 741. The minimum atomic E-state index is -0.185. The number of nitrogens with zero attached hydrogens (tertiary/aromatic N) is 1. The number of aromatic nitrogens is 1. The molecule has 0 saturated carbocycles. The molecular formula is C18H21N3O3. The van der Waals surface area contributed by atoms with Crippen molar-refractivity contribution in [2.24, 2.45) is 0 Å². The van der Waals surface area contributed by atoms with E-state index in [2.05, 4.69) is 17.2 Å². The Morgan fingerprint density at radius 3 is 2.83 bits per heavy atom. The fourth-order valence-corrected chi connectivity index (χ4v) is 2.76. The largest absolute Gasteiger partial charge is 0.454 e. The number of anilines is 1. The van der Waals surface area contributed by atoms with E-state index >= 15 is 0 Å². The first kappa shape index (κ1) is 16.1. The maximum Gasteiger partial charge on any atom is 0.251 e. The lowest BCUT2D eigenvalue weighted by Crippen LogP contribution is -2.29. The smallest absolute Gasteiger partial charge is 0.251 e. The molecule has 24 heavy (non-hydrogen) atoms. The number of nitrogen functional groups attached to an aromatic ring is 1. The number of hydrogen-bond donors (Lipinski definition) is 2. The highest BCUT2D eigenvalue weighted by Gasteiger charge is 2.20. The van der Waals surface area contributed by atoms with E-state index in [1.165, 1.54) is 0 Å². The van der Waals surface area contributed by atoms with Gasteiger partial charge in [-0.15, -0.1) is 0 Å². The molecule has 0 bridgehead atoms. The molecule has 0 saturated heterocycles. The normalized spacial score (nSPS) is 13.6. The van der Waals surface area contributed by atoms with Crippen molar-refractivity contribution in [1.29, 1.82) is 0 Å². The summed E-state index contributed by atoms with van der Waals surface area (Å²) in [5, 5.41) is 3.04. The summed E-state index contributed by atoms with van der Waals surface area (Å²) in [6.07, 6.45) is 1.70. The van der Waals surface area contributed by atoms with Crippen molar-refractivity contribution in [3.05, 3.63) is 47.2 Å². The van der Waals surface area contributed by atoms with Gasteiger partial charge in [0.25, 0.3) is 5.91 Å². The van der Waals surface area contributed by atoms with Gasteiger partial charge in [0.2, 0.25) is 6.79 Å². The predicted octanol–water partition coefficient (Wildman–Crippen LogP) is 2.97. The van der Waals surface area contributed by atoms with Crippen LogP contribution in [0.5, 0.6) is 11.5 Å². The van der Waals surface area contributed by atoms with E-state index < -0.39 is 0 Å². The zero-order valence-electron chi connectivity index (χ0n) is 13.8. The first-order valence-corrected chi connectivity index (χ1v) is 8.01. The monoisotopic (exact) mass is 327 g/mol. The summed E-state index contributed by atoms with van der Waals surface area (Å²) in [5.41, 5.74) is 8.18. The Kier molecular flexibility index (Phi) is 4.55. The Balaban J connectivity index is 1.81. The third-order valence-corrected chi connectivity index (χ3v) is 3.88. The molecule has 0 fully saturated rings. The third-order valence-electron chi connectivity index (χ3n) is 3.88. The molecule has 126 valence electrons. The van der Waals surface area contributed by atoms with Crippen LogP contribution in [0.25, 0.3) is 0 Å². The zero-order valence-corrected chi connectivity index (χ0v) is 13.8. The van der Waals surface area contributed by atoms with Gasteiger partial charge in [0.05, 0.1) is 11.7 Å². The number of ether oxygens (including phenoxy) is 2. The topological polar surface area (TPSA) is 86.5 Å². The molecule has 0 aliphatic carbocycles. The molecule has 1 aliphatic rings. The minimum Gasteiger partial charge on any atom is -0.454 e. The highest BCUT2D eigenvalue weighted by molar-refractivity contribution is 5.95. The second-order valence-electron chi connectivity index (χ2n) is 5.88. The number of nitrogens with one attached hydrogen (secondary N) is 1. The lowest BCUT2D eigenvalue weighted by Gasteiger charge is -2.19. The van der Waals surface area contributed by atoms with Crippen LogP contribution in [0.4, 0.5) is 5.82 Å². The number of amides is 1. The molecule has 6 heteroatoms. The molecule has 1 aromatic carbocycles. The van der Waals surface area contributed by atoms with Crippen LogP contribution < -0.4 is 20.5 Å². The molecule has 1 aromatic heterocycles. The zero-order chi connectivity index (χ0) is 17.1. The lowest BCUT2D eigenvalue weighted by molar-refractivity contribution is 0.0933. The van der Waals surface area contributed by atoms with Crippen molar-refractivity contribution < 1.29 is 14.3 Å². The van der Waals surface area contributed by atoms with Gasteiger partial charge in [-0.2, -0.15) is 0 Å². The number of fused-ring (bicyclic) bond motifs is 1. The van der Waals surface area contributed by atoms with E-state index in [9.17, 15) is 4.79 Å². The molecule has 3 rings (SSSR count). The number of carbonyl (C=O) groups is 1. The van der Waals surface area contributed by atoms with E-state index in [0.29, 0.717) is 22.9 Å². The van der Waals surface area contributed by atoms with E-state index in [1.54, 1.807) is 18.2 Å². The predicted molar refractivity (Wildman–Crippen MR) is 91.1 cm³/mol. The van der Waals surface area contributed by atoms with Gasteiger partial charge in [0, 0.05) is 5.56 Å². The number of rotatable bonds is 5. The summed E-state index contributed by atoms with van der Waals surface area (Å²) in [7, 11) is 0. The van der Waals surface area contributed by atoms with Gasteiger partial charge in [-0.05, 0) is 49.2 Å². The maximum atomic E-state index is 12.6. The number of pyridine rings is 1. The molecule has 1 unspecified atom stereocenters. The van der Waals surface area contributed by atoms with E-state index in [0.717, 1.165) is 24.1 Å². The van der Waals surface area contributed by atoms with Crippen molar-refractivity contribution in [1.82, 2.24) is 10.3 Å². The minimum absolute atomic E-state index is 0.173. The van der Waals surface area contributed by atoms with Crippen molar-refractivity contribution in [3.8, 4) is 11.5 Å². The molecule has 1 aliphatic heterocycles. The Hall–Kier alpha value is -2.76. The molecule has 1 amide bonds. The summed E-state index contributed by atoms with van der Waals surface area (Å²) in [6.45, 7) is 4.22. The summed E-state index contributed by atoms with van der Waals surface area (Å²) >= 11 is 0. The van der Waals surface area contributed by atoms with Gasteiger partial charge in [0.1, 0.15) is 5.82 Å². The first-order valence-electron chi connectivity index (χ1n) is 8.01. The quantitative estimate of drug-likeness (QED) is 0.881. The first-order chi connectivity index (χ1) is 11.6. The number of nitrogens with two attached hydrogens (primary N) is 1. The average molecular weight is 327 g/mol. The molecular weight excluding hydrogens is 306 g/mol. The van der Waals surface area contributed by atoms with Gasteiger partial charge in [-0.1, -0.05) is 13.3 Å². The van der Waals surface area contributed by atoms with Gasteiger partial charge < -0.3 is 20.5 Å². The summed E-state index contributed by atoms with van der Waals surface area (Å²) in [4.78, 5) is 17.0. The number of carbonyl (C=O) groups excluding carboxylic acids is 1. The van der Waals surface area contributed by atoms with Gasteiger partial charge in [0.15, 0.2) is 11.5 Å². The third kappa shape index (κ3) is 3.42. The maximum absolute atomic E-state index is 12.6. The average Bonchev–Trinajstić information content (AvgIpc) is 3.01. The van der Waals surface area contributed by atoms with Crippen LogP contribution >= 0.6 is 0 Å². The highest BCUT2D eigenvalue weighted by atomic mass is 16.7.